The van der Waals surface area contributed by atoms with E-state index in [9.17, 15) is 14.6 Å². The Morgan fingerprint density at radius 3 is 2.75 bits per heavy atom. The maximum Gasteiger partial charge on any atom is 0.208 e. The number of aliphatic hydroxyl groups is 1. The zero-order valence-electron chi connectivity index (χ0n) is 8.92. The first-order valence-corrected chi connectivity index (χ1v) is 5.39. The zero-order valence-corrected chi connectivity index (χ0v) is 10.5. The Morgan fingerprint density at radius 1 is 1.62 bits per heavy atom. The quantitative estimate of drug-likeness (QED) is 0.788. The lowest BCUT2D eigenvalue weighted by Gasteiger charge is -2.15. The summed E-state index contributed by atoms with van der Waals surface area (Å²) >= 11 is 3.10. The van der Waals surface area contributed by atoms with Crippen LogP contribution in [0.25, 0.3) is 0 Å². The largest absolute Gasteiger partial charge is 0.504 e. The number of hydrogen-bond acceptors (Lipinski definition) is 4. The van der Waals surface area contributed by atoms with Gasteiger partial charge in [-0.1, -0.05) is 0 Å². The lowest BCUT2D eigenvalue weighted by molar-refractivity contribution is 0.172. The van der Waals surface area contributed by atoms with E-state index in [0.717, 1.165) is 0 Å². The predicted molar refractivity (Wildman–Crippen MR) is 61.2 cm³/mol. The minimum absolute atomic E-state index is 0.0853. The van der Waals surface area contributed by atoms with Gasteiger partial charge in [-0.2, -0.15) is 4.39 Å². The van der Waals surface area contributed by atoms with Gasteiger partial charge in [0.2, 0.25) is 5.82 Å². The topological polar surface area (TPSA) is 61.7 Å². The fourth-order valence-electron chi connectivity index (χ4n) is 1.35. The SMILES string of the molecule is CNCC(O)c1cc(Br)c(OC)c(F)c1O. The third kappa shape index (κ3) is 2.45. The molecule has 0 fully saturated rings. The molecule has 0 saturated heterocycles. The fourth-order valence-corrected chi connectivity index (χ4v) is 1.94. The molecular formula is C10H13BrFNO3. The highest BCUT2D eigenvalue weighted by Crippen LogP contribution is 2.38. The number of likely N-dealkylation sites (N-methyl/N-ethyl adjacent to an activating group) is 1. The van der Waals surface area contributed by atoms with Crippen LogP contribution in [0.2, 0.25) is 0 Å². The summed E-state index contributed by atoms with van der Waals surface area (Å²) in [6.45, 7) is 0.214. The van der Waals surface area contributed by atoms with E-state index >= 15 is 0 Å². The molecule has 0 radical (unpaired) electrons. The number of phenols is 1. The summed E-state index contributed by atoms with van der Waals surface area (Å²) in [4.78, 5) is 0. The smallest absolute Gasteiger partial charge is 0.208 e. The van der Waals surface area contributed by atoms with Gasteiger partial charge in [0.25, 0.3) is 0 Å². The van der Waals surface area contributed by atoms with Crippen LogP contribution in [0.3, 0.4) is 0 Å². The van der Waals surface area contributed by atoms with Crippen LogP contribution < -0.4 is 10.1 Å². The van der Waals surface area contributed by atoms with Crippen LogP contribution in [0.15, 0.2) is 10.5 Å². The Bertz CT molecular complexity index is 387. The molecule has 0 aliphatic rings. The summed E-state index contributed by atoms with van der Waals surface area (Å²) in [6, 6.07) is 1.43. The maximum absolute atomic E-state index is 13.6. The van der Waals surface area contributed by atoms with Crippen LogP contribution in [0.4, 0.5) is 4.39 Å². The van der Waals surface area contributed by atoms with Gasteiger partial charge in [0.05, 0.1) is 17.7 Å². The molecule has 0 aliphatic carbocycles. The van der Waals surface area contributed by atoms with Gasteiger partial charge in [-0.15, -0.1) is 0 Å². The van der Waals surface area contributed by atoms with Crippen LogP contribution in [0, 0.1) is 5.82 Å². The summed E-state index contributed by atoms with van der Waals surface area (Å²) in [5, 5.41) is 22.0. The number of aromatic hydroxyl groups is 1. The average Bonchev–Trinajstić information content (AvgIpc) is 2.24. The van der Waals surface area contributed by atoms with Crippen molar-refractivity contribution in [3.8, 4) is 11.5 Å². The molecule has 0 aliphatic heterocycles. The minimum Gasteiger partial charge on any atom is -0.504 e. The molecule has 0 heterocycles. The monoisotopic (exact) mass is 293 g/mol. The van der Waals surface area contributed by atoms with Crippen LogP contribution in [0.5, 0.6) is 11.5 Å². The van der Waals surface area contributed by atoms with Crippen LogP contribution in [-0.2, 0) is 0 Å². The Labute approximate surface area is 101 Å². The van der Waals surface area contributed by atoms with Crippen molar-refractivity contribution < 1.29 is 19.3 Å². The van der Waals surface area contributed by atoms with Gasteiger partial charge in [-0.3, -0.25) is 0 Å². The molecule has 1 atom stereocenters. The molecule has 90 valence electrons. The van der Waals surface area contributed by atoms with E-state index in [-0.39, 0.29) is 17.9 Å². The molecule has 0 spiro atoms. The maximum atomic E-state index is 13.6. The van der Waals surface area contributed by atoms with Crippen LogP contribution in [0.1, 0.15) is 11.7 Å². The molecular weight excluding hydrogens is 281 g/mol. The molecule has 0 amide bonds. The Kier molecular flexibility index (Phi) is 4.52. The average molecular weight is 294 g/mol. The number of methoxy groups -OCH3 is 1. The second-order valence-electron chi connectivity index (χ2n) is 3.22. The molecule has 3 N–H and O–H groups in total. The Morgan fingerprint density at radius 2 is 2.25 bits per heavy atom. The molecule has 16 heavy (non-hydrogen) atoms. The lowest BCUT2D eigenvalue weighted by Crippen LogP contribution is -2.17. The Balaban J connectivity index is 3.22. The second kappa shape index (κ2) is 5.47. The molecule has 1 rings (SSSR count). The first-order valence-electron chi connectivity index (χ1n) is 4.60. The number of phenolic OH excluding ortho intramolecular Hbond substituents is 1. The number of ether oxygens (including phenoxy) is 1. The van der Waals surface area contributed by atoms with Crippen molar-refractivity contribution in [2.24, 2.45) is 0 Å². The molecule has 1 unspecified atom stereocenters. The van der Waals surface area contributed by atoms with E-state index in [4.69, 9.17) is 4.74 Å². The van der Waals surface area contributed by atoms with Gasteiger partial charge >= 0.3 is 0 Å². The van der Waals surface area contributed by atoms with E-state index in [1.165, 1.54) is 13.2 Å². The van der Waals surface area contributed by atoms with Gasteiger partial charge in [-0.25, -0.2) is 0 Å². The summed E-state index contributed by atoms with van der Waals surface area (Å²) < 4.78 is 18.7. The lowest BCUT2D eigenvalue weighted by atomic mass is 10.1. The van der Waals surface area contributed by atoms with Crippen LogP contribution >= 0.6 is 15.9 Å². The first-order chi connectivity index (χ1) is 7.52. The van der Waals surface area contributed by atoms with Crippen molar-refractivity contribution in [1.82, 2.24) is 5.32 Å². The molecule has 0 aromatic heterocycles. The number of nitrogens with one attached hydrogen (secondary N) is 1. The summed E-state index contributed by atoms with van der Waals surface area (Å²) in [5.41, 5.74) is 0.111. The summed E-state index contributed by atoms with van der Waals surface area (Å²) in [7, 11) is 2.95. The number of hydrogen-bond donors (Lipinski definition) is 3. The first kappa shape index (κ1) is 13.2. The normalized spacial score (nSPS) is 12.6. The highest BCUT2D eigenvalue weighted by molar-refractivity contribution is 9.10. The van der Waals surface area contributed by atoms with Crippen molar-refractivity contribution >= 4 is 15.9 Å². The molecule has 4 nitrogen and oxygen atoms in total. The van der Waals surface area contributed by atoms with E-state index < -0.39 is 17.7 Å². The number of aliphatic hydroxyl groups excluding tert-OH is 1. The van der Waals surface area contributed by atoms with Crippen molar-refractivity contribution in [3.63, 3.8) is 0 Å². The third-order valence-corrected chi connectivity index (χ3v) is 2.73. The predicted octanol–water partition coefficient (Wildman–Crippen LogP) is 1.56. The van der Waals surface area contributed by atoms with Gasteiger partial charge in [0.1, 0.15) is 0 Å². The standard InChI is InChI=1S/C10H13BrFNO3/c1-13-4-7(14)5-3-6(11)10(16-2)8(12)9(5)15/h3,7,13-15H,4H2,1-2H3. The second-order valence-corrected chi connectivity index (χ2v) is 4.07. The van der Waals surface area contributed by atoms with Crippen molar-refractivity contribution in [2.45, 2.75) is 6.10 Å². The van der Waals surface area contributed by atoms with E-state index in [1.54, 1.807) is 7.05 Å². The van der Waals surface area contributed by atoms with Gasteiger partial charge in [0.15, 0.2) is 11.5 Å². The van der Waals surface area contributed by atoms with Crippen LogP contribution in [-0.4, -0.2) is 30.9 Å². The Hall–Kier alpha value is -0.850. The van der Waals surface area contributed by atoms with Crippen molar-refractivity contribution in [2.75, 3.05) is 20.7 Å². The third-order valence-electron chi connectivity index (χ3n) is 2.14. The van der Waals surface area contributed by atoms with E-state index in [0.29, 0.717) is 4.47 Å². The summed E-state index contributed by atoms with van der Waals surface area (Å²) in [5.74, 6) is -1.57. The molecule has 6 heteroatoms. The summed E-state index contributed by atoms with van der Waals surface area (Å²) in [6.07, 6.45) is -0.985. The van der Waals surface area contributed by atoms with Crippen molar-refractivity contribution in [1.29, 1.82) is 0 Å². The highest BCUT2D eigenvalue weighted by Gasteiger charge is 2.21. The van der Waals surface area contributed by atoms with Crippen molar-refractivity contribution in [3.05, 3.63) is 21.9 Å². The van der Waals surface area contributed by atoms with Gasteiger partial charge in [-0.05, 0) is 29.0 Å². The molecule has 1 aromatic rings. The zero-order chi connectivity index (χ0) is 12.3. The van der Waals surface area contributed by atoms with Gasteiger partial charge < -0.3 is 20.3 Å². The highest BCUT2D eigenvalue weighted by atomic mass is 79.9. The number of benzene rings is 1. The minimum atomic E-state index is -0.985. The molecule has 1 aromatic carbocycles. The molecule has 0 saturated carbocycles. The molecule has 0 bridgehead atoms. The fraction of sp³-hybridized carbons (Fsp3) is 0.400. The number of rotatable bonds is 4. The number of halogens is 2. The van der Waals surface area contributed by atoms with E-state index in [2.05, 4.69) is 21.2 Å². The van der Waals surface area contributed by atoms with E-state index in [1.807, 2.05) is 0 Å². The van der Waals surface area contributed by atoms with Gasteiger partial charge in [0, 0.05) is 12.1 Å².